The van der Waals surface area contributed by atoms with Crippen molar-refractivity contribution in [3.05, 3.63) is 96.1 Å². The number of amides is 2. The van der Waals surface area contributed by atoms with E-state index in [0.717, 1.165) is 37.7 Å². The summed E-state index contributed by atoms with van der Waals surface area (Å²) < 4.78 is 16.9. The van der Waals surface area contributed by atoms with Gasteiger partial charge in [-0.1, -0.05) is 78.0 Å². The van der Waals surface area contributed by atoms with Crippen LogP contribution in [0, 0.1) is 5.92 Å². The van der Waals surface area contributed by atoms with Crippen LogP contribution >= 0.6 is 0 Å². The van der Waals surface area contributed by atoms with E-state index in [1.165, 1.54) is 5.56 Å². The van der Waals surface area contributed by atoms with Crippen molar-refractivity contribution in [1.82, 2.24) is 15.5 Å². The Morgan fingerprint density at radius 2 is 1.53 bits per heavy atom. The Kier molecular flexibility index (Phi) is 12.1. The number of ether oxygens (including phenoxy) is 3. The predicted octanol–water partition coefficient (Wildman–Crippen LogP) is 3.87. The molecule has 3 N–H and O–H groups in total. The Morgan fingerprint density at radius 1 is 0.878 bits per heavy atom. The van der Waals surface area contributed by atoms with E-state index in [9.17, 15) is 19.5 Å². The van der Waals surface area contributed by atoms with Crippen molar-refractivity contribution in [2.45, 2.75) is 75.9 Å². The summed E-state index contributed by atoms with van der Waals surface area (Å²) in [7, 11) is -0.306. The van der Waals surface area contributed by atoms with Gasteiger partial charge in [0.05, 0.1) is 6.61 Å². The molecule has 1 aliphatic heterocycles. The average Bonchev–Trinajstić information content (AvgIpc) is 3.06. The maximum Gasteiger partial charge on any atom is 0.407 e. The Bertz CT molecular complexity index is 1540. The number of nitrogens with zero attached hydrogens (tertiary/aromatic N) is 1. The molecule has 49 heavy (non-hydrogen) atoms. The van der Waals surface area contributed by atoms with Gasteiger partial charge in [0.1, 0.15) is 20.9 Å². The van der Waals surface area contributed by atoms with E-state index < -0.39 is 22.9 Å². The zero-order valence-electron chi connectivity index (χ0n) is 28.5. The van der Waals surface area contributed by atoms with Gasteiger partial charge in [-0.2, -0.15) is 0 Å². The van der Waals surface area contributed by atoms with Crippen molar-refractivity contribution in [2.75, 3.05) is 26.3 Å². The molecular weight excluding hydrogens is 639 g/mol. The highest BCUT2D eigenvalue weighted by molar-refractivity contribution is 6.60. The van der Waals surface area contributed by atoms with E-state index >= 15 is 0 Å². The average molecular weight is 686 g/mol. The molecule has 11 heteroatoms. The number of rotatable bonds is 13. The zero-order valence-corrected chi connectivity index (χ0v) is 29.5. The smallest absolute Gasteiger partial charge is 0.407 e. The largest absolute Gasteiger partial charge is 0.484 e. The number of hydrogen-bond acceptors (Lipinski definition) is 8. The molecule has 3 aromatic carbocycles. The molecule has 5 rings (SSSR count). The number of esters is 1. The van der Waals surface area contributed by atoms with Crippen LogP contribution in [0.25, 0.3) is 0 Å². The molecule has 0 unspecified atom stereocenters. The van der Waals surface area contributed by atoms with Crippen LogP contribution in [-0.4, -0.2) is 81.5 Å². The van der Waals surface area contributed by atoms with E-state index in [1.807, 2.05) is 36.4 Å². The highest BCUT2D eigenvalue weighted by Crippen LogP contribution is 2.28. The van der Waals surface area contributed by atoms with Crippen LogP contribution in [0.3, 0.4) is 0 Å². The molecule has 0 bridgehead atoms. The summed E-state index contributed by atoms with van der Waals surface area (Å²) in [5.74, 6) is -0.439. The molecule has 2 fully saturated rings. The minimum absolute atomic E-state index is 0.0620. The van der Waals surface area contributed by atoms with Crippen molar-refractivity contribution in [1.29, 1.82) is 0 Å². The number of aliphatic hydroxyl groups is 1. The number of carbonyl (C=O) groups excluding carboxylic acids is 3. The van der Waals surface area contributed by atoms with Gasteiger partial charge in [0.15, 0.2) is 11.8 Å². The Balaban J connectivity index is 1.13. The molecule has 1 heterocycles. The van der Waals surface area contributed by atoms with Gasteiger partial charge in [-0.25, -0.2) is 9.59 Å². The Labute approximate surface area is 291 Å². The van der Waals surface area contributed by atoms with Gasteiger partial charge < -0.3 is 30.0 Å². The minimum atomic E-state index is -1.93. The first-order valence-corrected chi connectivity index (χ1v) is 18.0. The van der Waals surface area contributed by atoms with Crippen LogP contribution in [0.4, 0.5) is 4.79 Å². The van der Waals surface area contributed by atoms with Crippen LogP contribution in [0.15, 0.2) is 84.9 Å². The maximum atomic E-state index is 13.7. The number of carbonyl (C=O) groups is 3. The fourth-order valence-corrected chi connectivity index (χ4v) is 7.23. The second-order valence-corrected chi connectivity index (χ2v) is 15.5. The van der Waals surface area contributed by atoms with Crippen LogP contribution < -0.4 is 20.6 Å². The third kappa shape index (κ3) is 10.9. The first-order chi connectivity index (χ1) is 23.4. The molecule has 260 valence electrons. The van der Waals surface area contributed by atoms with Gasteiger partial charge >= 0.3 is 12.1 Å². The summed E-state index contributed by atoms with van der Waals surface area (Å²) in [6, 6.07) is 26.3. The third-order valence-electron chi connectivity index (χ3n) is 8.65. The normalized spacial score (nSPS) is 19.5. The van der Waals surface area contributed by atoms with Gasteiger partial charge in [0.25, 0.3) is 5.91 Å². The second-order valence-electron chi connectivity index (χ2n) is 13.9. The second kappa shape index (κ2) is 16.5. The molecular formula is C38H47N3O7Si. The molecule has 1 aliphatic carbocycles. The number of alkyl carbamates (subject to hydrolysis) is 1. The molecule has 3 aromatic rings. The summed E-state index contributed by atoms with van der Waals surface area (Å²) in [5.41, 5.74) is 1.05. The first-order valence-electron chi connectivity index (χ1n) is 17.0. The Morgan fingerprint density at radius 3 is 2.20 bits per heavy atom. The van der Waals surface area contributed by atoms with E-state index in [0.29, 0.717) is 24.2 Å². The molecule has 1 saturated heterocycles. The lowest BCUT2D eigenvalue weighted by Gasteiger charge is -2.36. The zero-order chi connectivity index (χ0) is 34.9. The summed E-state index contributed by atoms with van der Waals surface area (Å²) in [6.07, 6.45) is 2.55. The molecule has 2 amide bonds. The van der Waals surface area contributed by atoms with Crippen LogP contribution in [0.5, 0.6) is 5.75 Å². The number of piperidine rings is 1. The third-order valence-corrected chi connectivity index (χ3v) is 10.1. The topological polar surface area (TPSA) is 126 Å². The van der Waals surface area contributed by atoms with Gasteiger partial charge in [0.2, 0.25) is 0 Å². The van der Waals surface area contributed by atoms with Gasteiger partial charge in [-0.15, -0.1) is 0 Å². The monoisotopic (exact) mass is 685 g/mol. The lowest BCUT2D eigenvalue weighted by Crippen LogP contribution is -2.55. The van der Waals surface area contributed by atoms with E-state index in [-0.39, 0.29) is 46.6 Å². The molecule has 2 aliphatic rings. The number of nitrogens with one attached hydrogen (secondary N) is 2. The minimum Gasteiger partial charge on any atom is -0.484 e. The fraction of sp³-hybridized carbons (Fsp3) is 0.447. The maximum absolute atomic E-state index is 13.7. The molecule has 2 radical (unpaired) electrons. The first kappa shape index (κ1) is 36.1. The summed E-state index contributed by atoms with van der Waals surface area (Å²) in [5, 5.41) is 16.6. The standard InChI is InChI=1S/C38H47N3O7Si/c1-37(2,3)48-36(44)40-31-22-30(23-31)39-34(42)26-46-32-14-10-13-29(21-32)38(45,49-33-15-8-5-9-16-33)35(43)47-25-28-17-19-41(20-18-28)24-27-11-6-4-7-12-27/h4-16,21,28,30-31,45H,17-20,22-26H2,1-3H3,(H,39,42)(H,40,44)/t30?,31?,38-/m1/s1. The Hall–Kier alpha value is -4.19. The van der Waals surface area contributed by atoms with Gasteiger partial charge in [-0.3, -0.25) is 9.69 Å². The highest BCUT2D eigenvalue weighted by Gasteiger charge is 2.41. The van der Waals surface area contributed by atoms with Crippen molar-refractivity contribution in [3.63, 3.8) is 0 Å². The molecule has 1 saturated carbocycles. The summed E-state index contributed by atoms with van der Waals surface area (Å²) in [4.78, 5) is 40.7. The quantitative estimate of drug-likeness (QED) is 0.183. The van der Waals surface area contributed by atoms with Crippen molar-refractivity contribution < 1.29 is 33.7 Å². The molecule has 0 aromatic heterocycles. The number of likely N-dealkylation sites (tertiary alicyclic amines) is 1. The van der Waals surface area contributed by atoms with Crippen molar-refractivity contribution in [3.8, 4) is 5.75 Å². The van der Waals surface area contributed by atoms with E-state index in [4.69, 9.17) is 14.2 Å². The number of benzene rings is 3. The van der Waals surface area contributed by atoms with Gasteiger partial charge in [0, 0.05) is 18.6 Å². The summed E-state index contributed by atoms with van der Waals surface area (Å²) >= 11 is 0. The van der Waals surface area contributed by atoms with E-state index in [2.05, 4.69) is 39.8 Å². The highest BCUT2D eigenvalue weighted by atomic mass is 28.2. The van der Waals surface area contributed by atoms with E-state index in [1.54, 1.807) is 45.0 Å². The summed E-state index contributed by atoms with van der Waals surface area (Å²) in [6.45, 7) is 8.17. The lowest BCUT2D eigenvalue weighted by molar-refractivity contribution is -0.160. The SMILES string of the molecule is CC(C)(C)OC(=O)NC1CC(NC(=O)COc2cccc([C@@](O)([Si]c3ccccc3)C(=O)OCC3CCN(Cc4ccccc4)CC3)c2)C1. The number of hydrogen-bond donors (Lipinski definition) is 3. The van der Waals surface area contributed by atoms with Crippen LogP contribution in [0.2, 0.25) is 0 Å². The molecule has 0 spiro atoms. The van der Waals surface area contributed by atoms with Crippen molar-refractivity contribution in [2.24, 2.45) is 5.92 Å². The molecule has 10 nitrogen and oxygen atoms in total. The predicted molar refractivity (Wildman–Crippen MR) is 187 cm³/mol. The van der Waals surface area contributed by atoms with Crippen molar-refractivity contribution >= 4 is 32.7 Å². The van der Waals surface area contributed by atoms with Crippen LogP contribution in [-0.2, 0) is 30.8 Å². The molecule has 1 atom stereocenters. The fourth-order valence-electron chi connectivity index (χ4n) is 5.98. The van der Waals surface area contributed by atoms with Gasteiger partial charge in [-0.05, 0) is 88.7 Å². The lowest BCUT2D eigenvalue weighted by atomic mass is 9.87. The van der Waals surface area contributed by atoms with Crippen LogP contribution in [0.1, 0.15) is 57.6 Å².